The highest BCUT2D eigenvalue weighted by Crippen LogP contribution is 2.42. The number of carbonyl (C=O) groups excluding carboxylic acids is 1. The first-order chi connectivity index (χ1) is 10.4. The number of rotatable bonds is 2. The molecule has 0 aromatic heterocycles. The van der Waals surface area contributed by atoms with Crippen LogP contribution in [0.1, 0.15) is 45.7 Å². The van der Waals surface area contributed by atoms with Gasteiger partial charge in [-0.2, -0.15) is 0 Å². The van der Waals surface area contributed by atoms with Crippen molar-refractivity contribution in [3.8, 4) is 0 Å². The molecule has 2 aromatic rings. The highest BCUT2D eigenvalue weighted by atomic mass is 79.9. The van der Waals surface area contributed by atoms with Crippen molar-refractivity contribution in [2.45, 2.75) is 31.0 Å². The number of aryl methyl sites for hydroxylation is 1. The van der Waals surface area contributed by atoms with E-state index < -0.39 is 0 Å². The smallest absolute Gasteiger partial charge is 0.190 e. The maximum atomic E-state index is 12.9. The van der Waals surface area contributed by atoms with Crippen molar-refractivity contribution in [3.63, 3.8) is 0 Å². The van der Waals surface area contributed by atoms with Gasteiger partial charge in [0, 0.05) is 16.6 Å². The Morgan fingerprint density at radius 2 is 1.64 bits per heavy atom. The summed E-state index contributed by atoms with van der Waals surface area (Å²) in [5, 5.41) is 0. The van der Waals surface area contributed by atoms with Crippen LogP contribution < -0.4 is 0 Å². The fraction of sp³-hybridized carbons (Fsp3) is 0.250. The maximum absolute atomic E-state index is 12.9. The number of ketones is 1. The highest BCUT2D eigenvalue weighted by molar-refractivity contribution is 9.09. The van der Waals surface area contributed by atoms with Gasteiger partial charge in [0.05, 0.1) is 4.83 Å². The molecule has 0 aliphatic heterocycles. The van der Waals surface area contributed by atoms with Gasteiger partial charge in [0.25, 0.3) is 0 Å². The molecule has 0 heterocycles. The summed E-state index contributed by atoms with van der Waals surface area (Å²) in [6.45, 7) is 6.40. The van der Waals surface area contributed by atoms with Gasteiger partial charge in [0.1, 0.15) is 0 Å². The standard InChI is InChI=1S/C20H19BrO/c1-13-8-4-5-9-14(13)18(21)16-12-20(2,3)17-11-7-6-10-15(17)19(16)22/h4-12,18H,1-3H3. The van der Waals surface area contributed by atoms with Crippen molar-refractivity contribution < 1.29 is 4.79 Å². The van der Waals surface area contributed by atoms with Crippen molar-refractivity contribution in [3.05, 3.63) is 82.4 Å². The third kappa shape index (κ3) is 2.46. The van der Waals surface area contributed by atoms with E-state index in [0.717, 1.165) is 22.3 Å². The van der Waals surface area contributed by atoms with Gasteiger partial charge < -0.3 is 0 Å². The van der Waals surface area contributed by atoms with Gasteiger partial charge >= 0.3 is 0 Å². The molecule has 2 heteroatoms. The van der Waals surface area contributed by atoms with E-state index in [4.69, 9.17) is 0 Å². The van der Waals surface area contributed by atoms with Crippen molar-refractivity contribution in [2.75, 3.05) is 0 Å². The fourth-order valence-corrected chi connectivity index (χ4v) is 4.01. The number of fused-ring (bicyclic) bond motifs is 1. The summed E-state index contributed by atoms with van der Waals surface area (Å²) in [5.74, 6) is 0.125. The summed E-state index contributed by atoms with van der Waals surface area (Å²) in [4.78, 5) is 12.9. The summed E-state index contributed by atoms with van der Waals surface area (Å²) in [6, 6.07) is 16.1. The van der Waals surface area contributed by atoms with Crippen LogP contribution >= 0.6 is 15.9 Å². The van der Waals surface area contributed by atoms with Crippen molar-refractivity contribution in [1.29, 1.82) is 0 Å². The average Bonchev–Trinajstić information content (AvgIpc) is 2.51. The minimum absolute atomic E-state index is 0.0752. The summed E-state index contributed by atoms with van der Waals surface area (Å²) < 4.78 is 0. The number of allylic oxidation sites excluding steroid dienone is 2. The Morgan fingerprint density at radius 3 is 2.36 bits per heavy atom. The van der Waals surface area contributed by atoms with Crippen molar-refractivity contribution >= 4 is 21.7 Å². The summed E-state index contributed by atoms with van der Waals surface area (Å²) in [7, 11) is 0. The normalized spacial score (nSPS) is 17.6. The molecular weight excluding hydrogens is 336 g/mol. The Hall–Kier alpha value is -1.67. The van der Waals surface area contributed by atoms with Crippen LogP contribution in [0.15, 0.2) is 60.2 Å². The van der Waals surface area contributed by atoms with Crippen LogP contribution in [-0.2, 0) is 5.41 Å². The Labute approximate surface area is 140 Å². The monoisotopic (exact) mass is 354 g/mol. The topological polar surface area (TPSA) is 17.1 Å². The second-order valence-corrected chi connectivity index (χ2v) is 7.33. The lowest BCUT2D eigenvalue weighted by Gasteiger charge is -2.31. The second-order valence-electron chi connectivity index (χ2n) is 6.42. The predicted molar refractivity (Wildman–Crippen MR) is 94.7 cm³/mol. The molecule has 1 aliphatic rings. The number of hydrogen-bond donors (Lipinski definition) is 0. The zero-order valence-electron chi connectivity index (χ0n) is 13.1. The van der Waals surface area contributed by atoms with E-state index in [1.807, 2.05) is 30.3 Å². The third-order valence-electron chi connectivity index (χ3n) is 4.38. The van der Waals surface area contributed by atoms with Gasteiger partial charge in [-0.05, 0) is 23.6 Å². The van der Waals surface area contributed by atoms with E-state index in [9.17, 15) is 4.79 Å². The molecule has 0 bridgehead atoms. The molecule has 0 saturated heterocycles. The van der Waals surface area contributed by atoms with E-state index in [1.54, 1.807) is 0 Å². The third-order valence-corrected chi connectivity index (χ3v) is 5.37. The summed E-state index contributed by atoms with van der Waals surface area (Å²) in [6.07, 6.45) is 2.11. The molecule has 1 nitrogen and oxygen atoms in total. The van der Waals surface area contributed by atoms with Gasteiger partial charge in [-0.3, -0.25) is 4.79 Å². The minimum atomic E-state index is -0.144. The van der Waals surface area contributed by atoms with Gasteiger partial charge in [-0.1, -0.05) is 84.4 Å². The molecule has 1 unspecified atom stereocenters. The average molecular weight is 355 g/mol. The van der Waals surface area contributed by atoms with Crippen LogP contribution in [0.4, 0.5) is 0 Å². The first kappa shape index (κ1) is 15.2. The Morgan fingerprint density at radius 1 is 1.00 bits per heavy atom. The number of Topliss-reactive ketones (excluding diaryl/α,β-unsaturated/α-hetero) is 1. The Kier molecular flexibility index (Phi) is 3.82. The minimum Gasteiger partial charge on any atom is -0.289 e. The SMILES string of the molecule is Cc1ccccc1C(Br)C1=CC(C)(C)c2ccccc2C1=O. The summed E-state index contributed by atoms with van der Waals surface area (Å²) in [5.41, 5.74) is 4.95. The second kappa shape index (κ2) is 5.51. The van der Waals surface area contributed by atoms with Crippen LogP contribution in [0.25, 0.3) is 0 Å². The first-order valence-electron chi connectivity index (χ1n) is 7.48. The van der Waals surface area contributed by atoms with E-state index in [1.165, 1.54) is 5.56 Å². The largest absolute Gasteiger partial charge is 0.289 e. The number of hydrogen-bond acceptors (Lipinski definition) is 1. The molecule has 0 amide bonds. The van der Waals surface area contributed by atoms with Crippen LogP contribution in [0, 0.1) is 6.92 Å². The van der Waals surface area contributed by atoms with E-state index in [0.29, 0.717) is 0 Å². The van der Waals surface area contributed by atoms with Crippen molar-refractivity contribution in [1.82, 2.24) is 0 Å². The Bertz CT molecular complexity index is 771. The van der Waals surface area contributed by atoms with Gasteiger partial charge in [0.15, 0.2) is 5.78 Å². The maximum Gasteiger partial charge on any atom is 0.190 e. The van der Waals surface area contributed by atoms with E-state index in [2.05, 4.69) is 61.0 Å². The molecule has 0 fully saturated rings. The summed E-state index contributed by atoms with van der Waals surface area (Å²) >= 11 is 3.75. The van der Waals surface area contributed by atoms with Gasteiger partial charge in [-0.25, -0.2) is 0 Å². The molecule has 0 radical (unpaired) electrons. The molecule has 0 saturated carbocycles. The lowest BCUT2D eigenvalue weighted by atomic mass is 9.73. The molecule has 112 valence electrons. The zero-order chi connectivity index (χ0) is 15.9. The van der Waals surface area contributed by atoms with Crippen LogP contribution in [-0.4, -0.2) is 5.78 Å². The molecule has 0 spiro atoms. The molecule has 1 atom stereocenters. The molecule has 0 N–H and O–H groups in total. The molecular formula is C20H19BrO. The number of carbonyl (C=O) groups is 1. The zero-order valence-corrected chi connectivity index (χ0v) is 14.6. The number of alkyl halides is 1. The van der Waals surface area contributed by atoms with Gasteiger partial charge in [0.2, 0.25) is 0 Å². The number of halogens is 1. The molecule has 2 aromatic carbocycles. The van der Waals surface area contributed by atoms with E-state index >= 15 is 0 Å². The first-order valence-corrected chi connectivity index (χ1v) is 8.40. The Balaban J connectivity index is 2.11. The quantitative estimate of drug-likeness (QED) is 0.647. The van der Waals surface area contributed by atoms with Crippen LogP contribution in [0.5, 0.6) is 0 Å². The lowest BCUT2D eigenvalue weighted by Crippen LogP contribution is -2.27. The predicted octanol–water partition coefficient (Wildman–Crippen LogP) is 5.53. The number of benzene rings is 2. The van der Waals surface area contributed by atoms with Crippen molar-refractivity contribution in [2.24, 2.45) is 0 Å². The molecule has 1 aliphatic carbocycles. The fourth-order valence-electron chi connectivity index (χ4n) is 3.16. The highest BCUT2D eigenvalue weighted by Gasteiger charge is 2.34. The van der Waals surface area contributed by atoms with E-state index in [-0.39, 0.29) is 16.0 Å². The van der Waals surface area contributed by atoms with Gasteiger partial charge in [-0.15, -0.1) is 0 Å². The van der Waals surface area contributed by atoms with Crippen LogP contribution in [0.3, 0.4) is 0 Å². The molecule has 3 rings (SSSR count). The lowest BCUT2D eigenvalue weighted by molar-refractivity contribution is 0.102. The van der Waals surface area contributed by atoms with Crippen LogP contribution in [0.2, 0.25) is 0 Å². The molecule has 22 heavy (non-hydrogen) atoms.